The summed E-state index contributed by atoms with van der Waals surface area (Å²) in [6, 6.07) is 1.63. The molecule has 0 aromatic carbocycles. The van der Waals surface area contributed by atoms with Crippen LogP contribution in [-0.4, -0.2) is 52.3 Å². The first kappa shape index (κ1) is 16.3. The summed E-state index contributed by atoms with van der Waals surface area (Å²) in [5.74, 6) is 0.201. The maximum absolute atomic E-state index is 11.8. The van der Waals surface area contributed by atoms with E-state index in [1.807, 2.05) is 24.1 Å². The van der Waals surface area contributed by atoms with Crippen LogP contribution < -0.4 is 10.6 Å². The summed E-state index contributed by atoms with van der Waals surface area (Å²) in [6.45, 7) is 4.42. The molecule has 1 aliphatic rings. The highest BCUT2D eigenvalue weighted by molar-refractivity contribution is 5.76. The maximum Gasteiger partial charge on any atom is 0.315 e. The highest BCUT2D eigenvalue weighted by Gasteiger charge is 2.16. The smallest absolute Gasteiger partial charge is 0.315 e. The topological polar surface area (TPSA) is 79.3 Å². The lowest BCUT2D eigenvalue weighted by Gasteiger charge is -2.21. The summed E-state index contributed by atoms with van der Waals surface area (Å²) in [4.78, 5) is 25.5. The number of hydrogen-bond acceptors (Lipinski definition) is 3. The van der Waals surface area contributed by atoms with Crippen molar-refractivity contribution in [3.63, 3.8) is 0 Å². The molecule has 2 heterocycles. The van der Waals surface area contributed by atoms with Crippen LogP contribution in [0, 0.1) is 0 Å². The molecule has 1 unspecified atom stereocenters. The first-order valence-corrected chi connectivity index (χ1v) is 7.94. The number of carbonyl (C=O) groups excluding carboxylic acids is 2. The molecule has 1 aromatic rings. The third kappa shape index (κ3) is 5.38. The fourth-order valence-corrected chi connectivity index (χ4v) is 2.59. The zero-order chi connectivity index (χ0) is 15.8. The fourth-order valence-electron chi connectivity index (χ4n) is 2.59. The fraction of sp³-hybridized carbons (Fsp3) is 0.667. The lowest BCUT2D eigenvalue weighted by Crippen LogP contribution is -2.45. The molecule has 1 fully saturated rings. The van der Waals surface area contributed by atoms with Gasteiger partial charge in [-0.3, -0.25) is 9.48 Å². The van der Waals surface area contributed by atoms with E-state index in [1.165, 1.54) is 0 Å². The van der Waals surface area contributed by atoms with E-state index < -0.39 is 0 Å². The molecule has 7 heteroatoms. The van der Waals surface area contributed by atoms with Gasteiger partial charge in [0.25, 0.3) is 0 Å². The first-order valence-electron chi connectivity index (χ1n) is 7.94. The van der Waals surface area contributed by atoms with Gasteiger partial charge in [0, 0.05) is 44.5 Å². The van der Waals surface area contributed by atoms with Crippen molar-refractivity contribution in [2.75, 3.05) is 19.6 Å². The van der Waals surface area contributed by atoms with E-state index >= 15 is 0 Å². The molecule has 0 radical (unpaired) electrons. The SMILES string of the molecule is CC(Cn1cccn1)NC(=O)NCCN1CCCCCC1=O. The van der Waals surface area contributed by atoms with Gasteiger partial charge in [-0.25, -0.2) is 4.79 Å². The van der Waals surface area contributed by atoms with Crippen LogP contribution in [0.2, 0.25) is 0 Å². The van der Waals surface area contributed by atoms with E-state index in [-0.39, 0.29) is 18.0 Å². The normalized spacial score (nSPS) is 17.0. The largest absolute Gasteiger partial charge is 0.341 e. The van der Waals surface area contributed by atoms with Crippen LogP contribution in [0.5, 0.6) is 0 Å². The van der Waals surface area contributed by atoms with E-state index in [9.17, 15) is 9.59 Å². The van der Waals surface area contributed by atoms with Gasteiger partial charge in [-0.05, 0) is 25.8 Å². The molecular weight excluding hydrogens is 282 g/mol. The van der Waals surface area contributed by atoms with Crippen LogP contribution in [0.25, 0.3) is 0 Å². The first-order chi connectivity index (χ1) is 10.6. The van der Waals surface area contributed by atoms with Crippen molar-refractivity contribution in [2.45, 2.75) is 45.2 Å². The van der Waals surface area contributed by atoms with Crippen LogP contribution in [-0.2, 0) is 11.3 Å². The molecule has 0 aliphatic carbocycles. The number of urea groups is 1. The number of aromatic nitrogens is 2. The third-order valence-electron chi connectivity index (χ3n) is 3.74. The molecular formula is C15H25N5O2. The van der Waals surface area contributed by atoms with Crippen molar-refractivity contribution < 1.29 is 9.59 Å². The highest BCUT2D eigenvalue weighted by atomic mass is 16.2. The Morgan fingerprint density at radius 2 is 2.27 bits per heavy atom. The predicted octanol–water partition coefficient (Wildman–Crippen LogP) is 0.973. The Morgan fingerprint density at radius 3 is 3.05 bits per heavy atom. The molecule has 2 rings (SSSR count). The Kier molecular flexibility index (Phi) is 6.24. The van der Waals surface area contributed by atoms with Gasteiger partial charge in [-0.1, -0.05) is 6.42 Å². The second-order valence-corrected chi connectivity index (χ2v) is 5.72. The molecule has 1 saturated heterocycles. The number of amides is 3. The zero-order valence-corrected chi connectivity index (χ0v) is 13.1. The Morgan fingerprint density at radius 1 is 1.41 bits per heavy atom. The van der Waals surface area contributed by atoms with Gasteiger partial charge in [0.15, 0.2) is 0 Å². The molecule has 1 atom stereocenters. The van der Waals surface area contributed by atoms with E-state index in [4.69, 9.17) is 0 Å². The Labute approximate surface area is 131 Å². The van der Waals surface area contributed by atoms with Crippen molar-refractivity contribution in [2.24, 2.45) is 0 Å². The van der Waals surface area contributed by atoms with Crippen molar-refractivity contribution in [1.29, 1.82) is 0 Å². The minimum Gasteiger partial charge on any atom is -0.341 e. The molecule has 3 amide bonds. The molecule has 0 spiro atoms. The van der Waals surface area contributed by atoms with Crippen LogP contribution in [0.15, 0.2) is 18.5 Å². The van der Waals surface area contributed by atoms with Crippen molar-refractivity contribution >= 4 is 11.9 Å². The molecule has 0 saturated carbocycles. The number of rotatable bonds is 6. The van der Waals surface area contributed by atoms with Crippen LogP contribution in [0.3, 0.4) is 0 Å². The van der Waals surface area contributed by atoms with Gasteiger partial charge in [0.2, 0.25) is 5.91 Å². The van der Waals surface area contributed by atoms with Crippen molar-refractivity contribution in [1.82, 2.24) is 25.3 Å². The number of nitrogens with zero attached hydrogens (tertiary/aromatic N) is 3. The summed E-state index contributed by atoms with van der Waals surface area (Å²) in [5, 5.41) is 9.78. The van der Waals surface area contributed by atoms with Gasteiger partial charge in [-0.2, -0.15) is 5.10 Å². The summed E-state index contributed by atoms with van der Waals surface area (Å²) < 4.78 is 1.78. The number of likely N-dealkylation sites (tertiary alicyclic amines) is 1. The Hall–Kier alpha value is -2.05. The van der Waals surface area contributed by atoms with Gasteiger partial charge < -0.3 is 15.5 Å². The second kappa shape index (κ2) is 8.41. The van der Waals surface area contributed by atoms with E-state index in [1.54, 1.807) is 10.9 Å². The lowest BCUT2D eigenvalue weighted by atomic mass is 10.2. The quantitative estimate of drug-likeness (QED) is 0.822. The Bertz CT molecular complexity index is 474. The lowest BCUT2D eigenvalue weighted by molar-refractivity contribution is -0.130. The van der Waals surface area contributed by atoms with E-state index in [2.05, 4.69) is 15.7 Å². The van der Waals surface area contributed by atoms with Crippen molar-refractivity contribution in [3.8, 4) is 0 Å². The van der Waals surface area contributed by atoms with Gasteiger partial charge in [0.05, 0.1) is 6.54 Å². The summed E-state index contributed by atoms with van der Waals surface area (Å²) >= 11 is 0. The Balaban J connectivity index is 1.63. The standard InChI is InChI=1S/C15H25N5O2/c1-13(12-20-10-5-7-17-20)18-15(22)16-8-11-19-9-4-2-3-6-14(19)21/h5,7,10,13H,2-4,6,8-9,11-12H2,1H3,(H2,16,18,22). The molecule has 22 heavy (non-hydrogen) atoms. The van der Waals surface area contributed by atoms with E-state index in [0.717, 1.165) is 25.8 Å². The zero-order valence-electron chi connectivity index (χ0n) is 13.1. The van der Waals surface area contributed by atoms with Gasteiger partial charge >= 0.3 is 6.03 Å². The summed E-state index contributed by atoms with van der Waals surface area (Å²) in [6.07, 6.45) is 7.35. The molecule has 0 bridgehead atoms. The van der Waals surface area contributed by atoms with Crippen LogP contribution in [0.1, 0.15) is 32.6 Å². The molecule has 1 aliphatic heterocycles. The molecule has 122 valence electrons. The molecule has 1 aromatic heterocycles. The third-order valence-corrected chi connectivity index (χ3v) is 3.74. The maximum atomic E-state index is 11.8. The van der Waals surface area contributed by atoms with Crippen molar-refractivity contribution in [3.05, 3.63) is 18.5 Å². The van der Waals surface area contributed by atoms with Crippen LogP contribution >= 0.6 is 0 Å². The van der Waals surface area contributed by atoms with Gasteiger partial charge in [0.1, 0.15) is 0 Å². The number of hydrogen-bond donors (Lipinski definition) is 2. The summed E-state index contributed by atoms with van der Waals surface area (Å²) in [5.41, 5.74) is 0. The predicted molar refractivity (Wildman–Crippen MR) is 83.3 cm³/mol. The minimum absolute atomic E-state index is 0.0141. The number of nitrogens with one attached hydrogen (secondary N) is 2. The van der Waals surface area contributed by atoms with Gasteiger partial charge in [-0.15, -0.1) is 0 Å². The minimum atomic E-state index is -0.207. The average Bonchev–Trinajstić information content (AvgIpc) is 2.89. The van der Waals surface area contributed by atoms with E-state index in [0.29, 0.717) is 26.1 Å². The second-order valence-electron chi connectivity index (χ2n) is 5.72. The van der Waals surface area contributed by atoms with Crippen LogP contribution in [0.4, 0.5) is 4.79 Å². The summed E-state index contributed by atoms with van der Waals surface area (Å²) in [7, 11) is 0. The number of carbonyl (C=O) groups is 2. The highest BCUT2D eigenvalue weighted by Crippen LogP contribution is 2.10. The molecule has 2 N–H and O–H groups in total. The monoisotopic (exact) mass is 307 g/mol. The molecule has 7 nitrogen and oxygen atoms in total. The average molecular weight is 307 g/mol.